The lowest BCUT2D eigenvalue weighted by Gasteiger charge is -2.08. The first kappa shape index (κ1) is 17.0. The summed E-state index contributed by atoms with van der Waals surface area (Å²) in [6.45, 7) is 1.69. The Morgan fingerprint density at radius 3 is 2.74 bits per heavy atom. The molecule has 0 saturated carbocycles. The van der Waals surface area contributed by atoms with Crippen LogP contribution in [0.3, 0.4) is 0 Å². The van der Waals surface area contributed by atoms with Gasteiger partial charge in [0.1, 0.15) is 11.5 Å². The number of carbonyl (C=O) groups excluding carboxylic acids is 1. The van der Waals surface area contributed by atoms with Gasteiger partial charge >= 0.3 is 0 Å². The average molecular weight is 377 g/mol. The van der Waals surface area contributed by atoms with Crippen LogP contribution in [-0.2, 0) is 4.79 Å². The molecular weight excluding hydrogens is 360 g/mol. The second kappa shape index (κ2) is 8.33. The van der Waals surface area contributed by atoms with Crippen LogP contribution >= 0.6 is 15.9 Å². The molecule has 2 aromatic carbocycles. The highest BCUT2D eigenvalue weighted by Gasteiger charge is 2.06. The predicted octanol–water partition coefficient (Wildman–Crippen LogP) is 3.38. The van der Waals surface area contributed by atoms with E-state index in [-0.39, 0.29) is 12.5 Å². The Kier molecular flexibility index (Phi) is 6.17. The molecule has 0 radical (unpaired) electrons. The van der Waals surface area contributed by atoms with Crippen LogP contribution in [0.2, 0.25) is 0 Å². The van der Waals surface area contributed by atoms with Crippen molar-refractivity contribution < 1.29 is 14.3 Å². The quantitative estimate of drug-likeness (QED) is 0.620. The van der Waals surface area contributed by atoms with E-state index in [0.29, 0.717) is 17.2 Å². The van der Waals surface area contributed by atoms with Crippen LogP contribution in [0, 0.1) is 0 Å². The van der Waals surface area contributed by atoms with Crippen molar-refractivity contribution in [2.75, 3.05) is 13.7 Å². The van der Waals surface area contributed by atoms with E-state index in [1.54, 1.807) is 26.2 Å². The Hall–Kier alpha value is -2.34. The summed E-state index contributed by atoms with van der Waals surface area (Å²) in [4.78, 5) is 11.8. The molecule has 1 amide bonds. The van der Waals surface area contributed by atoms with E-state index in [1.807, 2.05) is 36.4 Å². The number of rotatable bonds is 6. The highest BCUT2D eigenvalue weighted by molar-refractivity contribution is 9.10. The fourth-order valence-corrected chi connectivity index (χ4v) is 2.27. The van der Waals surface area contributed by atoms with Gasteiger partial charge in [0, 0.05) is 10.0 Å². The minimum Gasteiger partial charge on any atom is -0.496 e. The molecule has 0 heterocycles. The molecule has 0 fully saturated rings. The summed E-state index contributed by atoms with van der Waals surface area (Å²) in [5.41, 5.74) is 3.95. The second-order valence-electron chi connectivity index (χ2n) is 4.68. The van der Waals surface area contributed by atoms with Crippen LogP contribution in [0.5, 0.6) is 11.5 Å². The van der Waals surface area contributed by atoms with Gasteiger partial charge in [-0.1, -0.05) is 34.1 Å². The second-order valence-corrected chi connectivity index (χ2v) is 5.59. The predicted molar refractivity (Wildman–Crippen MR) is 93.0 cm³/mol. The minimum atomic E-state index is -0.334. The van der Waals surface area contributed by atoms with Gasteiger partial charge in [0.2, 0.25) is 0 Å². The maximum absolute atomic E-state index is 11.8. The van der Waals surface area contributed by atoms with E-state index in [1.165, 1.54) is 0 Å². The molecule has 0 bridgehead atoms. The van der Waals surface area contributed by atoms with Crippen LogP contribution in [-0.4, -0.2) is 25.3 Å². The molecule has 0 aliphatic heterocycles. The molecule has 2 aromatic rings. The summed E-state index contributed by atoms with van der Waals surface area (Å²) >= 11 is 3.34. The number of methoxy groups -OCH3 is 1. The zero-order valence-corrected chi connectivity index (χ0v) is 14.5. The molecule has 0 unspecified atom stereocenters. The summed E-state index contributed by atoms with van der Waals surface area (Å²) in [6.07, 6.45) is 0. The topological polar surface area (TPSA) is 59.9 Å². The number of halogens is 1. The number of ether oxygens (including phenoxy) is 2. The van der Waals surface area contributed by atoms with E-state index in [0.717, 1.165) is 10.0 Å². The van der Waals surface area contributed by atoms with E-state index >= 15 is 0 Å². The monoisotopic (exact) mass is 376 g/mol. The number of amides is 1. The zero-order chi connectivity index (χ0) is 16.7. The molecule has 0 aliphatic rings. The van der Waals surface area contributed by atoms with Gasteiger partial charge in [-0.25, -0.2) is 5.43 Å². The first-order valence-corrected chi connectivity index (χ1v) is 7.74. The molecule has 2 rings (SSSR count). The zero-order valence-electron chi connectivity index (χ0n) is 12.9. The number of para-hydroxylation sites is 1. The van der Waals surface area contributed by atoms with Crippen LogP contribution in [0.1, 0.15) is 12.5 Å². The first-order valence-electron chi connectivity index (χ1n) is 6.95. The van der Waals surface area contributed by atoms with E-state index in [2.05, 4.69) is 26.5 Å². The number of hydrazone groups is 1. The smallest absolute Gasteiger partial charge is 0.277 e. The number of nitrogens with zero attached hydrogens (tertiary/aromatic N) is 1. The van der Waals surface area contributed by atoms with Crippen molar-refractivity contribution in [1.29, 1.82) is 0 Å². The van der Waals surface area contributed by atoms with E-state index in [4.69, 9.17) is 9.47 Å². The third kappa shape index (κ3) is 5.10. The molecule has 23 heavy (non-hydrogen) atoms. The Morgan fingerprint density at radius 2 is 2.00 bits per heavy atom. The number of benzene rings is 2. The van der Waals surface area contributed by atoms with Gasteiger partial charge in [-0.2, -0.15) is 5.10 Å². The fourth-order valence-electron chi connectivity index (χ4n) is 1.89. The first-order chi connectivity index (χ1) is 11.1. The van der Waals surface area contributed by atoms with Gasteiger partial charge < -0.3 is 9.47 Å². The molecule has 0 aromatic heterocycles. The summed E-state index contributed by atoms with van der Waals surface area (Å²) in [5, 5.41) is 4.08. The van der Waals surface area contributed by atoms with Crippen molar-refractivity contribution >= 4 is 27.5 Å². The molecule has 0 spiro atoms. The number of nitrogens with one attached hydrogen (secondary N) is 1. The number of carbonyl (C=O) groups is 1. The molecule has 5 nitrogen and oxygen atoms in total. The number of hydrogen-bond acceptors (Lipinski definition) is 4. The van der Waals surface area contributed by atoms with Crippen molar-refractivity contribution in [3.63, 3.8) is 0 Å². The maximum atomic E-state index is 11.8. The lowest BCUT2D eigenvalue weighted by atomic mass is 10.1. The third-order valence-corrected chi connectivity index (χ3v) is 3.50. The summed E-state index contributed by atoms with van der Waals surface area (Å²) in [6, 6.07) is 14.8. The van der Waals surface area contributed by atoms with Gasteiger partial charge in [-0.3, -0.25) is 4.79 Å². The minimum absolute atomic E-state index is 0.112. The van der Waals surface area contributed by atoms with Gasteiger partial charge in [0.05, 0.1) is 12.8 Å². The SMILES string of the molecule is COc1ccccc1/C(C)=N\NC(=O)COc1cccc(Br)c1. The Labute approximate surface area is 143 Å². The molecule has 0 atom stereocenters. The molecule has 0 saturated heterocycles. The van der Waals surface area contributed by atoms with Crippen molar-refractivity contribution in [1.82, 2.24) is 5.43 Å². The maximum Gasteiger partial charge on any atom is 0.277 e. The highest BCUT2D eigenvalue weighted by atomic mass is 79.9. The Bertz CT molecular complexity index is 716. The van der Waals surface area contributed by atoms with Crippen molar-refractivity contribution in [3.8, 4) is 11.5 Å². The van der Waals surface area contributed by atoms with Gasteiger partial charge in [-0.05, 0) is 37.3 Å². The lowest BCUT2D eigenvalue weighted by molar-refractivity contribution is -0.123. The lowest BCUT2D eigenvalue weighted by Crippen LogP contribution is -2.25. The van der Waals surface area contributed by atoms with Crippen LogP contribution in [0.15, 0.2) is 58.1 Å². The molecule has 120 valence electrons. The van der Waals surface area contributed by atoms with Crippen molar-refractivity contribution in [2.24, 2.45) is 5.10 Å². The Morgan fingerprint density at radius 1 is 1.22 bits per heavy atom. The van der Waals surface area contributed by atoms with Crippen LogP contribution < -0.4 is 14.9 Å². The fraction of sp³-hybridized carbons (Fsp3) is 0.176. The van der Waals surface area contributed by atoms with Crippen LogP contribution in [0.4, 0.5) is 0 Å². The summed E-state index contributed by atoms with van der Waals surface area (Å²) < 4.78 is 11.6. The van der Waals surface area contributed by atoms with Crippen molar-refractivity contribution in [2.45, 2.75) is 6.92 Å². The molecule has 1 N–H and O–H groups in total. The largest absolute Gasteiger partial charge is 0.496 e. The van der Waals surface area contributed by atoms with Gasteiger partial charge in [-0.15, -0.1) is 0 Å². The van der Waals surface area contributed by atoms with E-state index in [9.17, 15) is 4.79 Å². The van der Waals surface area contributed by atoms with E-state index < -0.39 is 0 Å². The van der Waals surface area contributed by atoms with Crippen molar-refractivity contribution in [3.05, 3.63) is 58.6 Å². The highest BCUT2D eigenvalue weighted by Crippen LogP contribution is 2.18. The summed E-state index contributed by atoms with van der Waals surface area (Å²) in [5.74, 6) is 0.979. The van der Waals surface area contributed by atoms with Gasteiger partial charge in [0.25, 0.3) is 5.91 Å². The summed E-state index contributed by atoms with van der Waals surface area (Å²) in [7, 11) is 1.59. The Balaban J connectivity index is 1.92. The van der Waals surface area contributed by atoms with Crippen LogP contribution in [0.25, 0.3) is 0 Å². The molecule has 6 heteroatoms. The third-order valence-electron chi connectivity index (χ3n) is 3.01. The van der Waals surface area contributed by atoms with Gasteiger partial charge in [0.15, 0.2) is 6.61 Å². The number of hydrogen-bond donors (Lipinski definition) is 1. The molecule has 0 aliphatic carbocycles. The molecular formula is C17H17BrN2O3. The normalized spacial score (nSPS) is 11.0. The average Bonchev–Trinajstić information content (AvgIpc) is 2.57. The standard InChI is InChI=1S/C17H17BrN2O3/c1-12(15-8-3-4-9-16(15)22-2)19-20-17(21)11-23-14-7-5-6-13(18)10-14/h3-10H,11H2,1-2H3,(H,20,21)/b19-12-.